The van der Waals surface area contributed by atoms with Crippen molar-refractivity contribution in [3.8, 4) is 0 Å². The molecule has 0 saturated carbocycles. The van der Waals surface area contributed by atoms with Crippen LogP contribution in [0.3, 0.4) is 0 Å². The number of benzene rings is 1. The smallest absolute Gasteiger partial charge is 0.328 e. The number of carboxylic acids is 1. The Morgan fingerprint density at radius 1 is 1.37 bits per heavy atom. The number of rotatable bonds is 4. The van der Waals surface area contributed by atoms with Crippen molar-refractivity contribution in [3.05, 3.63) is 40.4 Å². The molecule has 0 aliphatic heterocycles. The molecule has 0 saturated heterocycles. The lowest BCUT2D eigenvalue weighted by Crippen LogP contribution is -2.49. The fourth-order valence-electron chi connectivity index (χ4n) is 1.29. The van der Waals surface area contributed by atoms with E-state index in [0.29, 0.717) is 5.02 Å². The highest BCUT2D eigenvalue weighted by Gasteiger charge is 2.27. The number of carboxylic acid groups (broad SMARTS) is 1. The first-order chi connectivity index (χ1) is 8.72. The molecule has 19 heavy (non-hydrogen) atoms. The fraction of sp³-hybridized carbons (Fsp3) is 0.286. The summed E-state index contributed by atoms with van der Waals surface area (Å²) >= 11 is 5.97. The number of carbonyl (C=O) groups excluding carboxylic acids is 1. The van der Waals surface area contributed by atoms with E-state index in [1.807, 2.05) is 19.1 Å². The van der Waals surface area contributed by atoms with Gasteiger partial charge in [0.05, 0.1) is 0 Å². The Balaban J connectivity index is 2.74. The molecule has 0 atom stereocenters. The Bertz CT molecular complexity index is 535. The zero-order valence-electron chi connectivity index (χ0n) is 11.0. The second-order valence-corrected chi connectivity index (χ2v) is 5.17. The van der Waals surface area contributed by atoms with Crippen LogP contribution in [-0.4, -0.2) is 22.5 Å². The molecule has 1 rings (SSSR count). The number of aliphatic carboxylic acids is 1. The minimum Gasteiger partial charge on any atom is -0.480 e. The molecular weight excluding hydrogens is 266 g/mol. The zero-order valence-corrected chi connectivity index (χ0v) is 11.8. The first-order valence-electron chi connectivity index (χ1n) is 5.72. The zero-order chi connectivity index (χ0) is 14.6. The van der Waals surface area contributed by atoms with Gasteiger partial charge in [-0.05, 0) is 44.0 Å². The summed E-state index contributed by atoms with van der Waals surface area (Å²) in [6.07, 6.45) is 2.87. The second kappa shape index (κ2) is 5.89. The average molecular weight is 282 g/mol. The molecular formula is C14H16ClNO3. The van der Waals surface area contributed by atoms with Crippen LogP contribution in [0.2, 0.25) is 5.02 Å². The van der Waals surface area contributed by atoms with Gasteiger partial charge in [0.25, 0.3) is 0 Å². The highest BCUT2D eigenvalue weighted by atomic mass is 35.5. The normalized spacial score (nSPS) is 11.6. The lowest BCUT2D eigenvalue weighted by atomic mass is 10.1. The molecule has 5 heteroatoms. The molecule has 2 N–H and O–H groups in total. The molecule has 0 fully saturated rings. The van der Waals surface area contributed by atoms with Gasteiger partial charge in [-0.1, -0.05) is 23.7 Å². The molecule has 0 bridgehead atoms. The Hall–Kier alpha value is -1.81. The highest BCUT2D eigenvalue weighted by molar-refractivity contribution is 6.31. The molecule has 0 aromatic heterocycles. The molecule has 0 heterocycles. The van der Waals surface area contributed by atoms with Crippen LogP contribution in [0.5, 0.6) is 0 Å². The van der Waals surface area contributed by atoms with Crippen molar-refractivity contribution in [3.63, 3.8) is 0 Å². The van der Waals surface area contributed by atoms with Crippen molar-refractivity contribution < 1.29 is 14.7 Å². The fourth-order valence-corrected chi connectivity index (χ4v) is 1.48. The van der Waals surface area contributed by atoms with E-state index in [0.717, 1.165) is 11.1 Å². The Morgan fingerprint density at radius 3 is 2.53 bits per heavy atom. The average Bonchev–Trinajstić information content (AvgIpc) is 2.30. The number of halogens is 1. The minimum atomic E-state index is -1.30. The first kappa shape index (κ1) is 15.2. The molecule has 1 aromatic carbocycles. The lowest BCUT2D eigenvalue weighted by molar-refractivity contribution is -0.145. The van der Waals surface area contributed by atoms with Gasteiger partial charge in [0.15, 0.2) is 0 Å². The van der Waals surface area contributed by atoms with E-state index in [-0.39, 0.29) is 0 Å². The molecule has 0 radical (unpaired) electrons. The van der Waals surface area contributed by atoms with Gasteiger partial charge >= 0.3 is 5.97 Å². The maximum atomic E-state index is 11.6. The van der Waals surface area contributed by atoms with Crippen LogP contribution in [0.1, 0.15) is 25.0 Å². The van der Waals surface area contributed by atoms with Crippen molar-refractivity contribution in [1.82, 2.24) is 5.32 Å². The SMILES string of the molecule is Cc1ccc(/C=C/C(=O)NC(C)(C)C(=O)O)cc1Cl. The third-order valence-corrected chi connectivity index (χ3v) is 3.00. The van der Waals surface area contributed by atoms with E-state index in [9.17, 15) is 9.59 Å². The van der Waals surface area contributed by atoms with Gasteiger partial charge in [0, 0.05) is 11.1 Å². The number of amides is 1. The highest BCUT2D eigenvalue weighted by Crippen LogP contribution is 2.17. The summed E-state index contributed by atoms with van der Waals surface area (Å²) in [6, 6.07) is 5.41. The van der Waals surface area contributed by atoms with Crippen molar-refractivity contribution in [2.45, 2.75) is 26.3 Å². The predicted molar refractivity (Wildman–Crippen MR) is 75.1 cm³/mol. The van der Waals surface area contributed by atoms with Crippen LogP contribution >= 0.6 is 11.6 Å². The Labute approximate surface area is 117 Å². The van der Waals surface area contributed by atoms with Crippen molar-refractivity contribution in [1.29, 1.82) is 0 Å². The van der Waals surface area contributed by atoms with E-state index >= 15 is 0 Å². The summed E-state index contributed by atoms with van der Waals surface area (Å²) < 4.78 is 0. The second-order valence-electron chi connectivity index (χ2n) is 4.76. The number of aryl methyl sites for hydroxylation is 1. The monoisotopic (exact) mass is 281 g/mol. The topological polar surface area (TPSA) is 66.4 Å². The summed E-state index contributed by atoms with van der Waals surface area (Å²) in [5.41, 5.74) is 0.431. The number of nitrogens with one attached hydrogen (secondary N) is 1. The van der Waals surface area contributed by atoms with Crippen LogP contribution in [-0.2, 0) is 9.59 Å². The minimum absolute atomic E-state index is 0.468. The molecule has 0 unspecified atom stereocenters. The van der Waals surface area contributed by atoms with Gasteiger partial charge in [-0.2, -0.15) is 0 Å². The van der Waals surface area contributed by atoms with E-state index < -0.39 is 17.4 Å². The van der Waals surface area contributed by atoms with E-state index in [1.165, 1.54) is 19.9 Å². The largest absolute Gasteiger partial charge is 0.480 e. The van der Waals surface area contributed by atoms with Crippen LogP contribution in [0, 0.1) is 6.92 Å². The van der Waals surface area contributed by atoms with Crippen LogP contribution in [0.25, 0.3) is 6.08 Å². The van der Waals surface area contributed by atoms with Gasteiger partial charge < -0.3 is 10.4 Å². The molecule has 4 nitrogen and oxygen atoms in total. The summed E-state index contributed by atoms with van der Waals surface area (Å²) in [4.78, 5) is 22.5. The summed E-state index contributed by atoms with van der Waals surface area (Å²) in [7, 11) is 0. The van der Waals surface area contributed by atoms with Gasteiger partial charge in [0.2, 0.25) is 5.91 Å². The van der Waals surface area contributed by atoms with Crippen LogP contribution in [0.15, 0.2) is 24.3 Å². The molecule has 0 spiro atoms. The maximum Gasteiger partial charge on any atom is 0.328 e. The van der Waals surface area contributed by atoms with E-state index in [2.05, 4.69) is 5.32 Å². The van der Waals surface area contributed by atoms with Gasteiger partial charge in [-0.3, -0.25) is 4.79 Å². The van der Waals surface area contributed by atoms with Gasteiger partial charge in [0.1, 0.15) is 5.54 Å². The molecule has 102 valence electrons. The van der Waals surface area contributed by atoms with Crippen LogP contribution in [0.4, 0.5) is 0 Å². The third kappa shape index (κ3) is 4.41. The number of hydrogen-bond donors (Lipinski definition) is 2. The van der Waals surface area contributed by atoms with E-state index in [4.69, 9.17) is 16.7 Å². The Morgan fingerprint density at radius 2 is 2.00 bits per heavy atom. The van der Waals surface area contributed by atoms with Gasteiger partial charge in [-0.15, -0.1) is 0 Å². The quantitative estimate of drug-likeness (QED) is 0.834. The summed E-state index contributed by atoms with van der Waals surface area (Å²) in [5.74, 6) is -1.56. The lowest BCUT2D eigenvalue weighted by Gasteiger charge is -2.19. The van der Waals surface area contributed by atoms with Gasteiger partial charge in [-0.25, -0.2) is 4.79 Å². The van der Waals surface area contributed by atoms with Crippen molar-refractivity contribution >= 4 is 29.6 Å². The molecule has 0 aliphatic carbocycles. The number of carbonyl (C=O) groups is 2. The standard InChI is InChI=1S/C14H16ClNO3/c1-9-4-5-10(8-11(9)15)6-7-12(17)16-14(2,3)13(18)19/h4-8H,1-3H3,(H,16,17)(H,18,19)/b7-6+. The molecule has 0 aliphatic rings. The third-order valence-electron chi connectivity index (χ3n) is 2.59. The van der Waals surface area contributed by atoms with Crippen molar-refractivity contribution in [2.24, 2.45) is 0 Å². The predicted octanol–water partition coefficient (Wildman–Crippen LogP) is 2.64. The van der Waals surface area contributed by atoms with Crippen molar-refractivity contribution in [2.75, 3.05) is 0 Å². The summed E-state index contributed by atoms with van der Waals surface area (Å²) in [6.45, 7) is 4.73. The number of hydrogen-bond acceptors (Lipinski definition) is 2. The maximum absolute atomic E-state index is 11.6. The molecule has 1 amide bonds. The Kier molecular flexibility index (Phi) is 4.72. The summed E-state index contributed by atoms with van der Waals surface area (Å²) in [5, 5.41) is 11.9. The van der Waals surface area contributed by atoms with E-state index in [1.54, 1.807) is 12.1 Å². The molecule has 1 aromatic rings. The van der Waals surface area contributed by atoms with Crippen LogP contribution < -0.4 is 5.32 Å². The first-order valence-corrected chi connectivity index (χ1v) is 6.10.